The van der Waals surface area contributed by atoms with Crippen molar-refractivity contribution in [1.82, 2.24) is 10.2 Å². The number of hydrogen-bond donors (Lipinski definition) is 1. The van der Waals surface area contributed by atoms with Crippen LogP contribution in [0.2, 0.25) is 0 Å². The number of para-hydroxylation sites is 1. The van der Waals surface area contributed by atoms with Crippen molar-refractivity contribution in [2.75, 3.05) is 57.4 Å². The molecule has 2 aliphatic rings. The van der Waals surface area contributed by atoms with Crippen LogP contribution in [0.25, 0.3) is 0 Å². The van der Waals surface area contributed by atoms with E-state index < -0.39 is 0 Å². The fraction of sp³-hybridized carbons (Fsp3) is 0.500. The molecule has 0 unspecified atom stereocenters. The number of benzene rings is 1. The first kappa shape index (κ1) is 22.1. The Hall–Kier alpha value is -1.58. The van der Waals surface area contributed by atoms with Gasteiger partial charge in [-0.25, -0.2) is 0 Å². The molecule has 0 radical (unpaired) electrons. The Bertz CT molecular complexity index is 760. The molecule has 1 saturated heterocycles. The Morgan fingerprint density at radius 3 is 2.76 bits per heavy atom. The summed E-state index contributed by atoms with van der Waals surface area (Å²) in [5.74, 6) is 1.99. The van der Waals surface area contributed by atoms with Crippen molar-refractivity contribution < 1.29 is 9.15 Å². The fourth-order valence-corrected chi connectivity index (χ4v) is 3.85. The molecular weight excluding hydrogens is 479 g/mol. The number of nitrogens with zero attached hydrogens (tertiary/aromatic N) is 3. The molecule has 1 fully saturated rings. The van der Waals surface area contributed by atoms with Crippen molar-refractivity contribution in [2.24, 2.45) is 4.99 Å². The molecule has 0 spiro atoms. The molecule has 0 bridgehead atoms. The number of nitrogens with one attached hydrogen (secondary N) is 1. The van der Waals surface area contributed by atoms with E-state index in [9.17, 15) is 0 Å². The number of ether oxygens (including phenoxy) is 1. The van der Waals surface area contributed by atoms with Crippen molar-refractivity contribution in [3.05, 3.63) is 54.0 Å². The van der Waals surface area contributed by atoms with Gasteiger partial charge in [0.2, 0.25) is 0 Å². The summed E-state index contributed by atoms with van der Waals surface area (Å²) in [5, 5.41) is 3.56. The normalized spacial score (nSPS) is 17.1. The first-order chi connectivity index (χ1) is 13.9. The summed E-state index contributed by atoms with van der Waals surface area (Å²) >= 11 is 0. The Labute approximate surface area is 190 Å². The van der Waals surface area contributed by atoms with Crippen molar-refractivity contribution in [3.63, 3.8) is 0 Å². The van der Waals surface area contributed by atoms with Gasteiger partial charge >= 0.3 is 0 Å². The van der Waals surface area contributed by atoms with Gasteiger partial charge in [0.1, 0.15) is 5.76 Å². The van der Waals surface area contributed by atoms with E-state index in [1.165, 1.54) is 11.3 Å². The molecule has 1 N–H and O–H groups in total. The molecule has 6 nitrogen and oxygen atoms in total. The highest BCUT2D eigenvalue weighted by Gasteiger charge is 2.22. The molecule has 1 aromatic carbocycles. The number of furan rings is 1. The third kappa shape index (κ3) is 6.20. The van der Waals surface area contributed by atoms with Crippen LogP contribution < -0.4 is 10.2 Å². The van der Waals surface area contributed by atoms with Crippen LogP contribution in [-0.2, 0) is 17.6 Å². The lowest BCUT2D eigenvalue weighted by molar-refractivity contribution is 0.0377. The maximum atomic E-state index is 5.45. The van der Waals surface area contributed by atoms with Crippen molar-refractivity contribution in [1.29, 1.82) is 0 Å². The summed E-state index contributed by atoms with van der Waals surface area (Å²) < 4.78 is 10.9. The van der Waals surface area contributed by atoms with E-state index in [0.29, 0.717) is 0 Å². The minimum Gasteiger partial charge on any atom is -0.469 e. The molecule has 7 heteroatoms. The molecule has 2 aliphatic heterocycles. The standard InChI is InChI=1S/C22H30N4O2.HI/c1-2-7-21-19(5-1)9-13-26(21)22(24-11-8-20-6-3-16-28-20)23-10-4-12-25-14-17-27-18-15-25;/h1-3,5-7,16H,4,8-15,17-18H2,(H,23,24);1H. The van der Waals surface area contributed by atoms with E-state index >= 15 is 0 Å². The lowest BCUT2D eigenvalue weighted by Crippen LogP contribution is -2.42. The van der Waals surface area contributed by atoms with Gasteiger partial charge in [0, 0.05) is 51.4 Å². The number of anilines is 1. The smallest absolute Gasteiger partial charge is 0.198 e. The summed E-state index contributed by atoms with van der Waals surface area (Å²) in [6.45, 7) is 7.50. The lowest BCUT2D eigenvalue weighted by Gasteiger charge is -2.26. The maximum absolute atomic E-state index is 5.45. The number of aliphatic imine (C=N–C) groups is 1. The van der Waals surface area contributed by atoms with E-state index in [0.717, 1.165) is 83.5 Å². The molecular formula is C22H31IN4O2. The zero-order valence-electron chi connectivity index (χ0n) is 16.9. The molecule has 2 aromatic rings. The Morgan fingerprint density at radius 1 is 1.07 bits per heavy atom. The van der Waals surface area contributed by atoms with Crippen LogP contribution in [0.3, 0.4) is 0 Å². The van der Waals surface area contributed by atoms with Gasteiger partial charge in [0.05, 0.1) is 19.5 Å². The highest BCUT2D eigenvalue weighted by molar-refractivity contribution is 14.0. The zero-order chi connectivity index (χ0) is 19.0. The van der Waals surface area contributed by atoms with E-state index in [2.05, 4.69) is 39.4 Å². The first-order valence-corrected chi connectivity index (χ1v) is 10.4. The maximum Gasteiger partial charge on any atom is 0.198 e. The molecule has 158 valence electrons. The van der Waals surface area contributed by atoms with Crippen LogP contribution >= 0.6 is 24.0 Å². The van der Waals surface area contributed by atoms with Crippen LogP contribution in [0.4, 0.5) is 5.69 Å². The number of rotatable bonds is 7. The van der Waals surface area contributed by atoms with Gasteiger partial charge in [0.25, 0.3) is 0 Å². The summed E-state index contributed by atoms with van der Waals surface area (Å²) in [7, 11) is 0. The van der Waals surface area contributed by atoms with E-state index in [1.807, 2.05) is 12.1 Å². The summed E-state index contributed by atoms with van der Waals surface area (Å²) in [4.78, 5) is 9.74. The topological polar surface area (TPSA) is 53.2 Å². The highest BCUT2D eigenvalue weighted by atomic mass is 127. The van der Waals surface area contributed by atoms with Crippen molar-refractivity contribution >= 4 is 35.6 Å². The van der Waals surface area contributed by atoms with Crippen molar-refractivity contribution in [3.8, 4) is 0 Å². The molecule has 1 aromatic heterocycles. The van der Waals surface area contributed by atoms with Crippen molar-refractivity contribution in [2.45, 2.75) is 19.3 Å². The van der Waals surface area contributed by atoms with Crippen LogP contribution in [0.5, 0.6) is 0 Å². The second-order valence-corrected chi connectivity index (χ2v) is 7.30. The Morgan fingerprint density at radius 2 is 1.93 bits per heavy atom. The van der Waals surface area contributed by atoms with Gasteiger partial charge in [-0.3, -0.25) is 9.89 Å². The van der Waals surface area contributed by atoms with Crippen LogP contribution in [-0.4, -0.2) is 63.3 Å². The largest absolute Gasteiger partial charge is 0.469 e. The van der Waals surface area contributed by atoms with Gasteiger partial charge in [0.15, 0.2) is 5.96 Å². The van der Waals surface area contributed by atoms with Crippen LogP contribution in [0.1, 0.15) is 17.7 Å². The third-order valence-corrected chi connectivity index (χ3v) is 5.38. The average molecular weight is 510 g/mol. The summed E-state index contributed by atoms with van der Waals surface area (Å²) in [6, 6.07) is 12.6. The third-order valence-electron chi connectivity index (χ3n) is 5.38. The molecule has 0 amide bonds. The fourth-order valence-electron chi connectivity index (χ4n) is 3.85. The molecule has 0 aliphatic carbocycles. The second kappa shape index (κ2) is 11.6. The lowest BCUT2D eigenvalue weighted by atomic mass is 10.2. The highest BCUT2D eigenvalue weighted by Crippen LogP contribution is 2.27. The van der Waals surface area contributed by atoms with Gasteiger partial charge in [-0.05, 0) is 36.6 Å². The Kier molecular flexibility index (Phi) is 8.82. The molecule has 4 rings (SSSR count). The Balaban J connectivity index is 0.00000240. The number of morpholine rings is 1. The first-order valence-electron chi connectivity index (χ1n) is 10.4. The monoisotopic (exact) mass is 510 g/mol. The van der Waals surface area contributed by atoms with E-state index in [4.69, 9.17) is 14.1 Å². The summed E-state index contributed by atoms with van der Waals surface area (Å²) in [5.41, 5.74) is 2.68. The molecule has 0 saturated carbocycles. The van der Waals surface area contributed by atoms with Gasteiger partial charge in [-0.2, -0.15) is 0 Å². The average Bonchev–Trinajstić information content (AvgIpc) is 3.40. The molecule has 3 heterocycles. The summed E-state index contributed by atoms with van der Waals surface area (Å²) in [6.07, 6.45) is 4.73. The number of fused-ring (bicyclic) bond motifs is 1. The van der Waals surface area contributed by atoms with Gasteiger partial charge in [-0.15, -0.1) is 24.0 Å². The quantitative estimate of drug-likeness (QED) is 0.269. The minimum atomic E-state index is 0. The number of guanidine groups is 1. The predicted octanol–water partition coefficient (Wildman–Crippen LogP) is 3.17. The second-order valence-electron chi connectivity index (χ2n) is 7.30. The number of halogens is 1. The van der Waals surface area contributed by atoms with Gasteiger partial charge in [-0.1, -0.05) is 18.2 Å². The SMILES string of the molecule is I.c1coc(CCNC(=NCCCN2CCOCC2)N2CCc3ccccc32)c1. The van der Waals surface area contributed by atoms with Gasteiger partial charge < -0.3 is 19.4 Å². The van der Waals surface area contributed by atoms with Crippen LogP contribution in [0, 0.1) is 0 Å². The predicted molar refractivity (Wildman–Crippen MR) is 127 cm³/mol. The van der Waals surface area contributed by atoms with Crippen LogP contribution in [0.15, 0.2) is 52.1 Å². The van der Waals surface area contributed by atoms with E-state index in [-0.39, 0.29) is 24.0 Å². The zero-order valence-corrected chi connectivity index (χ0v) is 19.2. The minimum absolute atomic E-state index is 0. The molecule has 0 atom stereocenters. The number of hydrogen-bond acceptors (Lipinski definition) is 4. The molecule has 29 heavy (non-hydrogen) atoms. The van der Waals surface area contributed by atoms with E-state index in [1.54, 1.807) is 6.26 Å².